The molecular formula is C21H27F3N4O. The minimum atomic E-state index is -4.55. The van der Waals surface area contributed by atoms with Crippen LogP contribution in [0.25, 0.3) is 5.65 Å². The first-order valence-electron chi connectivity index (χ1n) is 10.3. The summed E-state index contributed by atoms with van der Waals surface area (Å²) in [7, 11) is 0. The van der Waals surface area contributed by atoms with Gasteiger partial charge in [0.25, 0.3) is 0 Å². The minimum absolute atomic E-state index is 0.0454. The molecule has 158 valence electrons. The number of carbonyl (C=O) groups is 1. The first kappa shape index (κ1) is 20.2. The first-order valence-corrected chi connectivity index (χ1v) is 10.3. The fourth-order valence-electron chi connectivity index (χ4n) is 4.12. The van der Waals surface area contributed by atoms with Crippen LogP contribution >= 0.6 is 0 Å². The van der Waals surface area contributed by atoms with Crippen molar-refractivity contribution in [1.82, 2.24) is 19.5 Å². The smallest absolute Gasteiger partial charge is 0.334 e. The summed E-state index contributed by atoms with van der Waals surface area (Å²) in [5, 5.41) is 4.30. The second-order valence-electron chi connectivity index (χ2n) is 9.48. The molecule has 0 radical (unpaired) electrons. The molecule has 3 heterocycles. The zero-order valence-electron chi connectivity index (χ0n) is 17.3. The maximum Gasteiger partial charge on any atom is 0.433 e. The molecule has 1 aliphatic carbocycles. The van der Waals surface area contributed by atoms with Gasteiger partial charge in [0, 0.05) is 23.9 Å². The molecular weight excluding hydrogens is 381 g/mol. The molecule has 3 atom stereocenters. The maximum atomic E-state index is 13.7. The number of halogens is 3. The average molecular weight is 408 g/mol. The predicted octanol–water partition coefficient (Wildman–Crippen LogP) is 4.76. The third-order valence-electron chi connectivity index (χ3n) is 6.06. The lowest BCUT2D eigenvalue weighted by Crippen LogP contribution is -2.39. The summed E-state index contributed by atoms with van der Waals surface area (Å²) in [6.45, 7) is 8.19. The Hall–Kier alpha value is -2.12. The Balaban J connectivity index is 1.78. The van der Waals surface area contributed by atoms with Crippen LogP contribution < -0.4 is 0 Å². The molecule has 0 aromatic carbocycles. The van der Waals surface area contributed by atoms with Gasteiger partial charge in [-0.05, 0) is 37.7 Å². The third-order valence-corrected chi connectivity index (χ3v) is 6.06. The summed E-state index contributed by atoms with van der Waals surface area (Å²) in [6.07, 6.45) is -1.10. The fraction of sp³-hybridized carbons (Fsp3) is 0.667. The number of piperidine rings is 1. The van der Waals surface area contributed by atoms with Crippen LogP contribution in [0.3, 0.4) is 0 Å². The van der Waals surface area contributed by atoms with Crippen LogP contribution in [-0.2, 0) is 16.4 Å². The van der Waals surface area contributed by atoms with Gasteiger partial charge in [-0.1, -0.05) is 27.7 Å². The summed E-state index contributed by atoms with van der Waals surface area (Å²) in [6, 6.07) is 2.42. The van der Waals surface area contributed by atoms with Crippen LogP contribution in [0.2, 0.25) is 0 Å². The van der Waals surface area contributed by atoms with Gasteiger partial charge in [-0.3, -0.25) is 4.79 Å². The Labute approximate surface area is 168 Å². The number of fused-ring (bicyclic) bond motifs is 1. The molecule has 0 N–H and O–H groups in total. The van der Waals surface area contributed by atoms with Crippen molar-refractivity contribution >= 4 is 11.6 Å². The van der Waals surface area contributed by atoms with Gasteiger partial charge in [-0.2, -0.15) is 18.3 Å². The van der Waals surface area contributed by atoms with Crippen molar-refractivity contribution in [2.24, 2.45) is 11.8 Å². The number of hydrogen-bond donors (Lipinski definition) is 0. The number of amides is 1. The molecule has 2 aromatic heterocycles. The lowest BCUT2D eigenvalue weighted by atomic mass is 9.91. The molecule has 0 unspecified atom stereocenters. The number of hydrogen-bond acceptors (Lipinski definition) is 3. The van der Waals surface area contributed by atoms with Crippen molar-refractivity contribution in [1.29, 1.82) is 0 Å². The van der Waals surface area contributed by atoms with Crippen LogP contribution in [-0.4, -0.2) is 31.9 Å². The van der Waals surface area contributed by atoms with E-state index in [1.165, 1.54) is 0 Å². The molecule has 1 amide bonds. The standard InChI is InChI=1S/C21H27F3N4O/c1-12-9-13(12)19(29)27-8-6-5-7-15(27)14-10-18-25-16(20(2,3)4)11-17(21(22,23)24)28(18)26-14/h10-13,15H,5-9H2,1-4H3/t12-,13-,15-/m1/s1. The van der Waals surface area contributed by atoms with E-state index in [1.807, 2.05) is 25.7 Å². The number of aromatic nitrogens is 3. The number of nitrogens with zero attached hydrogens (tertiary/aromatic N) is 4. The highest BCUT2D eigenvalue weighted by atomic mass is 19.4. The van der Waals surface area contributed by atoms with E-state index >= 15 is 0 Å². The van der Waals surface area contributed by atoms with Gasteiger partial charge in [0.15, 0.2) is 5.65 Å². The molecule has 0 spiro atoms. The summed E-state index contributed by atoms with van der Waals surface area (Å²) in [5.41, 5.74) is -0.315. The Morgan fingerprint density at radius 2 is 1.86 bits per heavy atom. The molecule has 2 aromatic rings. The molecule has 2 aliphatic rings. The Morgan fingerprint density at radius 3 is 2.45 bits per heavy atom. The van der Waals surface area contributed by atoms with Crippen molar-refractivity contribution in [3.05, 3.63) is 29.2 Å². The summed E-state index contributed by atoms with van der Waals surface area (Å²) >= 11 is 0. The monoisotopic (exact) mass is 408 g/mol. The van der Waals surface area contributed by atoms with Crippen LogP contribution in [0, 0.1) is 11.8 Å². The molecule has 1 saturated heterocycles. The average Bonchev–Trinajstić information content (AvgIpc) is 3.20. The molecule has 5 nitrogen and oxygen atoms in total. The van der Waals surface area contributed by atoms with Crippen molar-refractivity contribution < 1.29 is 18.0 Å². The van der Waals surface area contributed by atoms with E-state index in [0.717, 1.165) is 29.8 Å². The quantitative estimate of drug-likeness (QED) is 0.720. The van der Waals surface area contributed by atoms with E-state index in [4.69, 9.17) is 0 Å². The van der Waals surface area contributed by atoms with E-state index in [0.29, 0.717) is 30.3 Å². The SMILES string of the molecule is C[C@@H]1C[C@H]1C(=O)N1CCCC[C@@H]1c1cc2nc(C(C)(C)C)cc(C(F)(F)F)n2n1. The van der Waals surface area contributed by atoms with Crippen LogP contribution in [0.15, 0.2) is 12.1 Å². The normalized spacial score (nSPS) is 25.5. The van der Waals surface area contributed by atoms with Crippen LogP contribution in [0.1, 0.15) is 76.5 Å². The van der Waals surface area contributed by atoms with E-state index < -0.39 is 17.3 Å². The minimum Gasteiger partial charge on any atom is -0.334 e. The van der Waals surface area contributed by atoms with Crippen molar-refractivity contribution in [2.45, 2.75) is 71.0 Å². The molecule has 1 saturated carbocycles. The van der Waals surface area contributed by atoms with Gasteiger partial charge < -0.3 is 4.90 Å². The number of rotatable bonds is 2. The number of carbonyl (C=O) groups excluding carboxylic acids is 1. The maximum absolute atomic E-state index is 13.7. The lowest BCUT2D eigenvalue weighted by molar-refractivity contribution is -0.143. The zero-order valence-corrected chi connectivity index (χ0v) is 17.3. The molecule has 4 rings (SSSR count). The third kappa shape index (κ3) is 3.73. The predicted molar refractivity (Wildman–Crippen MR) is 102 cm³/mol. The summed E-state index contributed by atoms with van der Waals surface area (Å²) in [5.74, 6) is 0.543. The van der Waals surface area contributed by atoms with E-state index in [9.17, 15) is 18.0 Å². The van der Waals surface area contributed by atoms with Crippen molar-refractivity contribution in [3.8, 4) is 0 Å². The fourth-order valence-corrected chi connectivity index (χ4v) is 4.12. The van der Waals surface area contributed by atoms with Crippen molar-refractivity contribution in [2.75, 3.05) is 6.54 Å². The largest absolute Gasteiger partial charge is 0.433 e. The first-order chi connectivity index (χ1) is 13.5. The van der Waals surface area contributed by atoms with Gasteiger partial charge in [0.2, 0.25) is 5.91 Å². The lowest BCUT2D eigenvalue weighted by Gasteiger charge is -2.35. The van der Waals surface area contributed by atoms with E-state index in [-0.39, 0.29) is 23.5 Å². The summed E-state index contributed by atoms with van der Waals surface area (Å²) in [4.78, 5) is 19.2. The van der Waals surface area contributed by atoms with Crippen LogP contribution in [0.5, 0.6) is 0 Å². The van der Waals surface area contributed by atoms with Crippen molar-refractivity contribution in [3.63, 3.8) is 0 Å². The second-order valence-corrected chi connectivity index (χ2v) is 9.48. The number of alkyl halides is 3. The van der Waals surface area contributed by atoms with E-state index in [2.05, 4.69) is 17.0 Å². The Morgan fingerprint density at radius 1 is 1.17 bits per heavy atom. The van der Waals surface area contributed by atoms with Gasteiger partial charge in [-0.25, -0.2) is 9.50 Å². The van der Waals surface area contributed by atoms with Crippen LogP contribution in [0.4, 0.5) is 13.2 Å². The van der Waals surface area contributed by atoms with Gasteiger partial charge in [0.05, 0.1) is 17.4 Å². The van der Waals surface area contributed by atoms with Gasteiger partial charge in [0.1, 0.15) is 5.69 Å². The zero-order chi connectivity index (χ0) is 21.1. The van der Waals surface area contributed by atoms with Gasteiger partial charge in [-0.15, -0.1) is 0 Å². The molecule has 2 fully saturated rings. The summed E-state index contributed by atoms with van der Waals surface area (Å²) < 4.78 is 42.1. The molecule has 29 heavy (non-hydrogen) atoms. The molecule has 8 heteroatoms. The highest BCUT2D eigenvalue weighted by Gasteiger charge is 2.44. The molecule has 0 bridgehead atoms. The number of likely N-dealkylation sites (tertiary alicyclic amines) is 1. The highest BCUT2D eigenvalue weighted by Crippen LogP contribution is 2.42. The topological polar surface area (TPSA) is 50.5 Å². The second kappa shape index (κ2) is 6.71. The highest BCUT2D eigenvalue weighted by molar-refractivity contribution is 5.82. The Kier molecular flexibility index (Phi) is 4.66. The van der Waals surface area contributed by atoms with Gasteiger partial charge >= 0.3 is 6.18 Å². The Bertz CT molecular complexity index is 944. The van der Waals surface area contributed by atoms with E-state index in [1.54, 1.807) is 6.07 Å². The molecule has 1 aliphatic heterocycles.